The zero-order valence-electron chi connectivity index (χ0n) is 19.3. The number of rotatable bonds is 6. The van der Waals surface area contributed by atoms with Gasteiger partial charge in [0.25, 0.3) is 0 Å². The van der Waals surface area contributed by atoms with Gasteiger partial charge in [-0.1, -0.05) is 0 Å². The molecule has 1 aliphatic heterocycles. The lowest BCUT2D eigenvalue weighted by molar-refractivity contribution is -0.142. The highest BCUT2D eigenvalue weighted by Gasteiger charge is 2.39. The lowest BCUT2D eigenvalue weighted by Crippen LogP contribution is -2.43. The van der Waals surface area contributed by atoms with E-state index in [4.69, 9.17) is 9.47 Å². The molecule has 0 radical (unpaired) electrons. The number of fused-ring (bicyclic) bond motifs is 1. The summed E-state index contributed by atoms with van der Waals surface area (Å²) >= 11 is 0. The van der Waals surface area contributed by atoms with Crippen molar-refractivity contribution in [1.82, 2.24) is 29.4 Å². The second kappa shape index (κ2) is 9.06. The SMILES string of the molecule is CCn1c(-c2ccc(C(F)(F)F)nc2)nc2c(O[C@H]3CCN(C(=O)C4CC(OC)C4)C3)ncnc21. The van der Waals surface area contributed by atoms with Gasteiger partial charge in [0.15, 0.2) is 11.2 Å². The van der Waals surface area contributed by atoms with Crippen molar-refractivity contribution in [2.45, 2.75) is 51.1 Å². The molecular formula is C23H25F3N6O3. The van der Waals surface area contributed by atoms with Gasteiger partial charge in [0, 0.05) is 44.3 Å². The van der Waals surface area contributed by atoms with Crippen LogP contribution in [-0.4, -0.2) is 67.7 Å². The van der Waals surface area contributed by atoms with E-state index >= 15 is 0 Å². The molecule has 186 valence electrons. The molecule has 1 saturated heterocycles. The van der Waals surface area contributed by atoms with Gasteiger partial charge in [-0.2, -0.15) is 18.2 Å². The van der Waals surface area contributed by atoms with Crippen LogP contribution >= 0.6 is 0 Å². The van der Waals surface area contributed by atoms with Gasteiger partial charge < -0.3 is 18.9 Å². The summed E-state index contributed by atoms with van der Waals surface area (Å²) in [5, 5.41) is 0. The molecule has 1 atom stereocenters. The van der Waals surface area contributed by atoms with E-state index in [2.05, 4.69) is 19.9 Å². The third-order valence-electron chi connectivity index (χ3n) is 6.64. The van der Waals surface area contributed by atoms with Crippen LogP contribution in [-0.2, 0) is 22.3 Å². The van der Waals surface area contributed by atoms with Crippen LogP contribution in [0.3, 0.4) is 0 Å². The quantitative estimate of drug-likeness (QED) is 0.523. The van der Waals surface area contributed by atoms with Gasteiger partial charge in [0.1, 0.15) is 23.9 Å². The maximum absolute atomic E-state index is 12.9. The molecule has 1 aliphatic carbocycles. The third kappa shape index (κ3) is 4.42. The highest BCUT2D eigenvalue weighted by molar-refractivity contribution is 5.81. The van der Waals surface area contributed by atoms with E-state index in [9.17, 15) is 18.0 Å². The normalized spacial score (nSPS) is 22.4. The number of aryl methyl sites for hydroxylation is 1. The Bertz CT molecular complexity index is 1220. The van der Waals surface area contributed by atoms with Crippen LogP contribution in [0, 0.1) is 5.92 Å². The fourth-order valence-corrected chi connectivity index (χ4v) is 4.62. The number of hydrogen-bond donors (Lipinski definition) is 0. The Balaban J connectivity index is 1.35. The summed E-state index contributed by atoms with van der Waals surface area (Å²) in [6.07, 6.45) is 0.100. The first kappa shape index (κ1) is 23.5. The molecule has 3 aromatic heterocycles. The first-order valence-corrected chi connectivity index (χ1v) is 11.5. The van der Waals surface area contributed by atoms with Crippen molar-refractivity contribution in [3.8, 4) is 17.3 Å². The number of carbonyl (C=O) groups is 1. The first-order valence-electron chi connectivity index (χ1n) is 11.5. The second-order valence-corrected chi connectivity index (χ2v) is 8.80. The molecule has 2 fully saturated rings. The maximum Gasteiger partial charge on any atom is 0.433 e. The van der Waals surface area contributed by atoms with Crippen molar-refractivity contribution in [1.29, 1.82) is 0 Å². The average molecular weight is 490 g/mol. The standard InChI is InChI=1S/C23H25F3N6O3/c1-3-32-19(13-4-5-17(27-10-13)23(24,25)26)30-18-20(32)28-12-29-21(18)35-15-6-7-31(11-15)22(33)14-8-16(9-14)34-2/h4-5,10,12,14-16H,3,6-9,11H2,1-2H3/t14?,15-,16?/m0/s1. The van der Waals surface area contributed by atoms with Crippen LogP contribution in [0.4, 0.5) is 13.2 Å². The van der Waals surface area contributed by atoms with Gasteiger partial charge in [-0.25, -0.2) is 9.97 Å². The molecule has 0 spiro atoms. The summed E-state index contributed by atoms with van der Waals surface area (Å²) in [7, 11) is 1.66. The van der Waals surface area contributed by atoms with E-state index < -0.39 is 11.9 Å². The predicted molar refractivity (Wildman–Crippen MR) is 118 cm³/mol. The summed E-state index contributed by atoms with van der Waals surface area (Å²) < 4.78 is 51.9. The largest absolute Gasteiger partial charge is 0.471 e. The fourth-order valence-electron chi connectivity index (χ4n) is 4.62. The Kier molecular flexibility index (Phi) is 6.07. The van der Waals surface area contributed by atoms with E-state index in [0.717, 1.165) is 25.1 Å². The molecule has 0 bridgehead atoms. The van der Waals surface area contributed by atoms with Gasteiger partial charge in [-0.15, -0.1) is 0 Å². The zero-order chi connectivity index (χ0) is 24.7. The highest BCUT2D eigenvalue weighted by atomic mass is 19.4. The number of aromatic nitrogens is 5. The van der Waals surface area contributed by atoms with Crippen molar-refractivity contribution in [3.63, 3.8) is 0 Å². The minimum absolute atomic E-state index is 0.00427. The van der Waals surface area contributed by atoms with E-state index in [1.807, 2.05) is 11.8 Å². The number of halogens is 3. The van der Waals surface area contributed by atoms with Crippen LogP contribution in [0.15, 0.2) is 24.7 Å². The molecule has 35 heavy (non-hydrogen) atoms. The molecule has 5 rings (SSSR count). The predicted octanol–water partition coefficient (Wildman–Crippen LogP) is 3.33. The number of methoxy groups -OCH3 is 1. The lowest BCUT2D eigenvalue weighted by atomic mass is 9.81. The van der Waals surface area contributed by atoms with Crippen molar-refractivity contribution < 1.29 is 27.4 Å². The Morgan fingerprint density at radius 3 is 2.63 bits per heavy atom. The minimum atomic E-state index is -4.52. The molecule has 9 nitrogen and oxygen atoms in total. The van der Waals surface area contributed by atoms with Gasteiger partial charge in [0.05, 0.1) is 12.6 Å². The van der Waals surface area contributed by atoms with Gasteiger partial charge in [-0.05, 0) is 31.9 Å². The molecule has 12 heteroatoms. The molecule has 0 aromatic carbocycles. The Hall–Kier alpha value is -3.28. The third-order valence-corrected chi connectivity index (χ3v) is 6.64. The number of pyridine rings is 1. The molecule has 0 unspecified atom stereocenters. The summed E-state index contributed by atoms with van der Waals surface area (Å²) in [5.41, 5.74) is 0.384. The number of ether oxygens (including phenoxy) is 2. The van der Waals surface area contributed by atoms with Crippen molar-refractivity contribution in [3.05, 3.63) is 30.4 Å². The van der Waals surface area contributed by atoms with Crippen molar-refractivity contribution in [2.75, 3.05) is 20.2 Å². The Morgan fingerprint density at radius 1 is 1.17 bits per heavy atom. The monoisotopic (exact) mass is 490 g/mol. The van der Waals surface area contributed by atoms with Crippen molar-refractivity contribution >= 4 is 17.1 Å². The summed E-state index contributed by atoms with van der Waals surface area (Å²) in [6.45, 7) is 3.44. The molecule has 4 heterocycles. The fraction of sp³-hybridized carbons (Fsp3) is 0.522. The number of carbonyl (C=O) groups excluding carboxylic acids is 1. The molecule has 1 amide bonds. The van der Waals surface area contributed by atoms with Gasteiger partial charge >= 0.3 is 6.18 Å². The van der Waals surface area contributed by atoms with E-state index in [1.54, 1.807) is 11.7 Å². The van der Waals surface area contributed by atoms with Gasteiger partial charge in [-0.3, -0.25) is 9.78 Å². The van der Waals surface area contributed by atoms with Crippen molar-refractivity contribution in [2.24, 2.45) is 5.92 Å². The number of likely N-dealkylation sites (tertiary alicyclic amines) is 1. The zero-order valence-corrected chi connectivity index (χ0v) is 19.3. The van der Waals surface area contributed by atoms with Crippen LogP contribution in [0.25, 0.3) is 22.6 Å². The number of amides is 1. The summed E-state index contributed by atoms with van der Waals surface area (Å²) in [4.78, 5) is 31.3. The van der Waals surface area contributed by atoms with E-state index in [-0.39, 0.29) is 29.9 Å². The number of imidazole rings is 1. The smallest absolute Gasteiger partial charge is 0.433 e. The second-order valence-electron chi connectivity index (χ2n) is 8.80. The van der Waals surface area contributed by atoms with Crippen LogP contribution in [0.2, 0.25) is 0 Å². The molecular weight excluding hydrogens is 465 g/mol. The van der Waals surface area contributed by atoms with Crippen LogP contribution in [0.1, 0.15) is 31.9 Å². The topological polar surface area (TPSA) is 95.3 Å². The van der Waals surface area contributed by atoms with E-state index in [0.29, 0.717) is 48.6 Å². The highest BCUT2D eigenvalue weighted by Crippen LogP contribution is 2.34. The summed E-state index contributed by atoms with van der Waals surface area (Å²) in [6, 6.07) is 2.27. The molecule has 1 saturated carbocycles. The number of hydrogen-bond acceptors (Lipinski definition) is 7. The average Bonchev–Trinajstić information content (AvgIpc) is 3.43. The molecule has 2 aliphatic rings. The Labute approximate surface area is 199 Å². The first-order chi connectivity index (χ1) is 16.8. The lowest BCUT2D eigenvalue weighted by Gasteiger charge is -2.35. The number of nitrogens with zero attached hydrogens (tertiary/aromatic N) is 6. The van der Waals surface area contributed by atoms with Crippen LogP contribution in [0.5, 0.6) is 5.88 Å². The molecule has 3 aromatic rings. The Morgan fingerprint density at radius 2 is 1.97 bits per heavy atom. The summed E-state index contributed by atoms with van der Waals surface area (Å²) in [5.74, 6) is 0.842. The molecule has 0 N–H and O–H groups in total. The number of alkyl halides is 3. The van der Waals surface area contributed by atoms with Crippen LogP contribution < -0.4 is 4.74 Å². The minimum Gasteiger partial charge on any atom is -0.471 e. The van der Waals surface area contributed by atoms with Gasteiger partial charge in [0.2, 0.25) is 11.8 Å². The van der Waals surface area contributed by atoms with E-state index in [1.165, 1.54) is 12.4 Å². The maximum atomic E-state index is 12.9.